The van der Waals surface area contributed by atoms with Crippen molar-refractivity contribution in [2.24, 2.45) is 0 Å². The van der Waals surface area contributed by atoms with Gasteiger partial charge < -0.3 is 9.90 Å². The Morgan fingerprint density at radius 2 is 2.05 bits per heavy atom. The quantitative estimate of drug-likeness (QED) is 0.730. The summed E-state index contributed by atoms with van der Waals surface area (Å²) in [5.74, 6) is -1.31. The van der Waals surface area contributed by atoms with Crippen LogP contribution in [0.4, 0.5) is 0 Å². The number of nitrogens with zero attached hydrogens (tertiary/aromatic N) is 2. The van der Waals surface area contributed by atoms with Gasteiger partial charge in [-0.2, -0.15) is 0 Å². The van der Waals surface area contributed by atoms with Gasteiger partial charge in [0.2, 0.25) is 0 Å². The standard InChI is InChI=1S/C16H14N2O3S/c1-2-10-3-5-11(6-4-10)12-8-22-15-14(12)16(21)18(9-17-15)7-13(19)20/h3-6,8-9H,2,7H2,1H3,(H,19,20)/p-1. The number of carboxylic acid groups (broad SMARTS) is 1. The Bertz CT molecular complexity index is 894. The molecule has 3 aromatic rings. The average Bonchev–Trinajstić information content (AvgIpc) is 2.94. The summed E-state index contributed by atoms with van der Waals surface area (Å²) in [4.78, 5) is 28.0. The highest BCUT2D eigenvalue weighted by Crippen LogP contribution is 2.30. The monoisotopic (exact) mass is 313 g/mol. The van der Waals surface area contributed by atoms with E-state index in [9.17, 15) is 14.7 Å². The molecule has 0 saturated carbocycles. The minimum absolute atomic E-state index is 0.356. The number of aliphatic carboxylic acids is 1. The summed E-state index contributed by atoms with van der Waals surface area (Å²) >= 11 is 1.37. The largest absolute Gasteiger partial charge is 0.548 e. The fraction of sp³-hybridized carbons (Fsp3) is 0.188. The fourth-order valence-corrected chi connectivity index (χ4v) is 3.26. The lowest BCUT2D eigenvalue weighted by Crippen LogP contribution is -2.32. The Labute approximate surface area is 130 Å². The molecular weight excluding hydrogens is 300 g/mol. The summed E-state index contributed by atoms with van der Waals surface area (Å²) < 4.78 is 1.06. The van der Waals surface area contributed by atoms with Crippen molar-refractivity contribution < 1.29 is 9.90 Å². The summed E-state index contributed by atoms with van der Waals surface area (Å²) in [6, 6.07) is 7.98. The van der Waals surface area contributed by atoms with Gasteiger partial charge in [-0.05, 0) is 17.5 Å². The SMILES string of the molecule is CCc1ccc(-c2csc3ncn(CC(=O)[O-])c(=O)c23)cc1. The summed E-state index contributed by atoms with van der Waals surface area (Å²) in [7, 11) is 0. The van der Waals surface area contributed by atoms with Crippen molar-refractivity contribution in [1.29, 1.82) is 0 Å². The van der Waals surface area contributed by atoms with Gasteiger partial charge in [-0.1, -0.05) is 31.2 Å². The highest BCUT2D eigenvalue weighted by atomic mass is 32.1. The number of carbonyl (C=O) groups excluding carboxylic acids is 1. The Morgan fingerprint density at radius 1 is 1.32 bits per heavy atom. The predicted molar refractivity (Wildman–Crippen MR) is 83.7 cm³/mol. The van der Waals surface area contributed by atoms with Crippen molar-refractivity contribution in [2.45, 2.75) is 19.9 Å². The van der Waals surface area contributed by atoms with Gasteiger partial charge in [0.05, 0.1) is 24.2 Å². The van der Waals surface area contributed by atoms with Gasteiger partial charge in [-0.3, -0.25) is 9.36 Å². The normalized spacial score (nSPS) is 11.0. The van der Waals surface area contributed by atoms with Gasteiger partial charge in [0.1, 0.15) is 4.83 Å². The van der Waals surface area contributed by atoms with Crippen LogP contribution in [0, 0.1) is 0 Å². The van der Waals surface area contributed by atoms with Gasteiger partial charge in [0, 0.05) is 10.9 Å². The van der Waals surface area contributed by atoms with E-state index in [0.29, 0.717) is 10.2 Å². The van der Waals surface area contributed by atoms with Gasteiger partial charge in [0.15, 0.2) is 0 Å². The summed E-state index contributed by atoms with van der Waals surface area (Å²) in [6.45, 7) is 1.59. The molecule has 1 aromatic carbocycles. The molecule has 3 rings (SSSR count). The zero-order chi connectivity index (χ0) is 15.7. The highest BCUT2D eigenvalue weighted by molar-refractivity contribution is 7.17. The van der Waals surface area contributed by atoms with Gasteiger partial charge in [-0.25, -0.2) is 4.98 Å². The van der Waals surface area contributed by atoms with E-state index in [1.165, 1.54) is 23.2 Å². The molecule has 0 atom stereocenters. The third kappa shape index (κ3) is 2.53. The van der Waals surface area contributed by atoms with E-state index in [-0.39, 0.29) is 5.56 Å². The molecule has 112 valence electrons. The highest BCUT2D eigenvalue weighted by Gasteiger charge is 2.13. The smallest absolute Gasteiger partial charge is 0.263 e. The summed E-state index contributed by atoms with van der Waals surface area (Å²) in [5, 5.41) is 13.1. The molecule has 6 heteroatoms. The van der Waals surface area contributed by atoms with Gasteiger partial charge in [-0.15, -0.1) is 11.3 Å². The molecule has 2 heterocycles. The number of hydrogen-bond donors (Lipinski definition) is 0. The minimum atomic E-state index is -1.31. The number of rotatable bonds is 4. The van der Waals surface area contributed by atoms with Crippen LogP contribution in [0.25, 0.3) is 21.3 Å². The van der Waals surface area contributed by atoms with Crippen LogP contribution in [0.2, 0.25) is 0 Å². The van der Waals surface area contributed by atoms with Crippen molar-refractivity contribution >= 4 is 27.5 Å². The average molecular weight is 313 g/mol. The number of carboxylic acids is 1. The zero-order valence-electron chi connectivity index (χ0n) is 11.9. The van der Waals surface area contributed by atoms with Crippen LogP contribution in [-0.4, -0.2) is 15.5 Å². The molecule has 0 N–H and O–H groups in total. The third-order valence-electron chi connectivity index (χ3n) is 3.53. The molecular formula is C16H13N2O3S-. The Hall–Kier alpha value is -2.47. The molecule has 0 fully saturated rings. The van der Waals surface area contributed by atoms with Crippen LogP contribution in [0.15, 0.2) is 40.8 Å². The second-order valence-electron chi connectivity index (χ2n) is 4.93. The molecule has 0 aliphatic heterocycles. The number of thiophene rings is 1. The molecule has 0 saturated heterocycles. The Kier molecular flexibility index (Phi) is 3.77. The predicted octanol–water partition coefficient (Wildman–Crippen LogP) is 1.44. The van der Waals surface area contributed by atoms with Crippen LogP contribution in [0.1, 0.15) is 12.5 Å². The topological polar surface area (TPSA) is 75.0 Å². The maximum atomic E-state index is 12.5. The van der Waals surface area contributed by atoms with Crippen molar-refractivity contribution in [3.63, 3.8) is 0 Å². The van der Waals surface area contributed by atoms with E-state index in [1.54, 1.807) is 0 Å². The van der Waals surface area contributed by atoms with Crippen molar-refractivity contribution in [3.8, 4) is 11.1 Å². The first-order valence-corrected chi connectivity index (χ1v) is 7.74. The second kappa shape index (κ2) is 5.73. The van der Waals surface area contributed by atoms with Crippen LogP contribution in [0.3, 0.4) is 0 Å². The van der Waals surface area contributed by atoms with Gasteiger partial charge >= 0.3 is 0 Å². The van der Waals surface area contributed by atoms with Crippen molar-refractivity contribution in [3.05, 3.63) is 51.9 Å². The molecule has 0 unspecified atom stereocenters. The van der Waals surface area contributed by atoms with Crippen LogP contribution in [0.5, 0.6) is 0 Å². The lowest BCUT2D eigenvalue weighted by Gasteiger charge is -2.06. The molecule has 22 heavy (non-hydrogen) atoms. The first-order chi connectivity index (χ1) is 10.6. The van der Waals surface area contributed by atoms with E-state index in [4.69, 9.17) is 0 Å². The molecule has 0 spiro atoms. The molecule has 5 nitrogen and oxygen atoms in total. The molecule has 0 radical (unpaired) electrons. The van der Waals surface area contributed by atoms with Gasteiger partial charge in [0.25, 0.3) is 5.56 Å². The number of benzene rings is 1. The number of fused-ring (bicyclic) bond motifs is 1. The first-order valence-electron chi connectivity index (χ1n) is 6.86. The van der Waals surface area contributed by atoms with Crippen LogP contribution in [-0.2, 0) is 17.8 Å². The maximum Gasteiger partial charge on any atom is 0.263 e. The van der Waals surface area contributed by atoms with Crippen LogP contribution < -0.4 is 10.7 Å². The lowest BCUT2D eigenvalue weighted by molar-refractivity contribution is -0.306. The summed E-state index contributed by atoms with van der Waals surface area (Å²) in [6.07, 6.45) is 2.20. The Morgan fingerprint density at radius 3 is 2.68 bits per heavy atom. The van der Waals surface area contributed by atoms with E-state index in [2.05, 4.69) is 11.9 Å². The molecule has 2 aromatic heterocycles. The number of aromatic nitrogens is 2. The van der Waals surface area contributed by atoms with E-state index >= 15 is 0 Å². The Balaban J connectivity index is 2.17. The van der Waals surface area contributed by atoms with E-state index in [0.717, 1.165) is 22.1 Å². The molecule has 0 bridgehead atoms. The lowest BCUT2D eigenvalue weighted by atomic mass is 10.0. The summed E-state index contributed by atoms with van der Waals surface area (Å²) in [5.41, 5.74) is 2.57. The molecule has 0 aliphatic rings. The molecule has 0 amide bonds. The molecule has 0 aliphatic carbocycles. The number of carbonyl (C=O) groups is 1. The van der Waals surface area contributed by atoms with E-state index in [1.807, 2.05) is 29.6 Å². The zero-order valence-corrected chi connectivity index (χ0v) is 12.7. The van der Waals surface area contributed by atoms with Crippen molar-refractivity contribution in [1.82, 2.24) is 9.55 Å². The minimum Gasteiger partial charge on any atom is -0.548 e. The number of hydrogen-bond acceptors (Lipinski definition) is 5. The van der Waals surface area contributed by atoms with Crippen molar-refractivity contribution in [2.75, 3.05) is 0 Å². The fourth-order valence-electron chi connectivity index (χ4n) is 2.35. The van der Waals surface area contributed by atoms with E-state index < -0.39 is 12.5 Å². The first kappa shape index (κ1) is 14.5. The van der Waals surface area contributed by atoms with Crippen LogP contribution >= 0.6 is 11.3 Å². The second-order valence-corrected chi connectivity index (χ2v) is 5.79. The maximum absolute atomic E-state index is 12.5. The third-order valence-corrected chi connectivity index (χ3v) is 4.42. The number of aryl methyl sites for hydroxylation is 1.